The number of ether oxygens (including phenoxy) is 5. The lowest BCUT2D eigenvalue weighted by atomic mass is 9.78. The smallest absolute Gasteiger partial charge is 0.329 e. The number of nitrogens with zero attached hydrogens (tertiary/aromatic N) is 1. The van der Waals surface area contributed by atoms with Gasteiger partial charge in [-0.1, -0.05) is 71.1 Å². The van der Waals surface area contributed by atoms with Crippen LogP contribution < -0.4 is 0 Å². The van der Waals surface area contributed by atoms with Crippen molar-refractivity contribution in [3.05, 3.63) is 47.6 Å². The molecule has 1 aliphatic carbocycles. The fraction of sp³-hybridized carbons (Fsp3) is 0.750. The van der Waals surface area contributed by atoms with E-state index in [1.165, 1.54) is 12.0 Å². The molecule has 3 heterocycles. The average Bonchev–Trinajstić information content (AvgIpc) is 3.29. The first-order valence-corrected chi connectivity index (χ1v) is 24.5. The SMILES string of the molecule is CCO[C@H]1C[C@@H]2CC[C@@H](C)[C@@](O)(O2)C(=O)C(=O)N2CCCC[C@H]2C(=O)O[C@H]([C@H](C)C[C@@H]2CC[C@@H](O)[C@H](OC)C2)CC(=O)[C@H](C)/C=C(\C)[C@@H](O)[C@@H](OC)C(=O)[C@H](C)C[C@H](C)/C=C/C=C/C=C/1C. The van der Waals surface area contributed by atoms with Crippen LogP contribution in [0.3, 0.4) is 0 Å². The first kappa shape index (κ1) is 55.2. The summed E-state index contributed by atoms with van der Waals surface area (Å²) in [6, 6.07) is -1.14. The molecule has 2 saturated heterocycles. The van der Waals surface area contributed by atoms with E-state index in [-0.39, 0.29) is 54.8 Å². The van der Waals surface area contributed by atoms with Crippen molar-refractivity contribution in [1.82, 2.24) is 4.90 Å². The molecule has 14 heteroatoms. The maximum atomic E-state index is 14.4. The van der Waals surface area contributed by atoms with Crippen LogP contribution in [0, 0.1) is 35.5 Å². The second kappa shape index (κ2) is 25.8. The number of hydrogen-bond acceptors (Lipinski definition) is 13. The molecule has 1 saturated carbocycles. The number of piperidine rings is 1. The van der Waals surface area contributed by atoms with Gasteiger partial charge < -0.3 is 43.9 Å². The zero-order chi connectivity index (χ0) is 48.9. The molecule has 3 N–H and O–H groups in total. The Kier molecular flexibility index (Phi) is 21.6. The Hall–Kier alpha value is -3.37. The van der Waals surface area contributed by atoms with Gasteiger partial charge in [-0.25, -0.2) is 4.79 Å². The Morgan fingerprint density at radius 1 is 0.879 bits per heavy atom. The van der Waals surface area contributed by atoms with Gasteiger partial charge in [0, 0.05) is 58.0 Å². The van der Waals surface area contributed by atoms with Crippen LogP contribution in [0.4, 0.5) is 0 Å². The molecule has 0 unspecified atom stereocenters. The van der Waals surface area contributed by atoms with Gasteiger partial charge in [0.15, 0.2) is 5.78 Å². The summed E-state index contributed by atoms with van der Waals surface area (Å²) in [6.07, 6.45) is 11.3. The number of cyclic esters (lactones) is 1. The molecule has 0 spiro atoms. The molecule has 4 rings (SSSR count). The van der Waals surface area contributed by atoms with Crippen molar-refractivity contribution in [1.29, 1.82) is 0 Å². The van der Waals surface area contributed by atoms with E-state index >= 15 is 0 Å². The van der Waals surface area contributed by atoms with Crippen molar-refractivity contribution in [3.8, 4) is 0 Å². The molecule has 372 valence electrons. The lowest BCUT2D eigenvalue weighted by molar-refractivity contribution is -0.266. The van der Waals surface area contributed by atoms with Crippen LogP contribution >= 0.6 is 0 Å². The number of carbonyl (C=O) groups is 5. The van der Waals surface area contributed by atoms with Crippen molar-refractivity contribution >= 4 is 29.2 Å². The second-order valence-corrected chi connectivity index (χ2v) is 19.8. The van der Waals surface area contributed by atoms with Crippen LogP contribution in [-0.2, 0) is 47.7 Å². The number of carbonyl (C=O) groups excluding carboxylic acids is 5. The number of fused-ring (bicyclic) bond motifs is 3. The van der Waals surface area contributed by atoms with Gasteiger partial charge in [0.05, 0.1) is 24.4 Å². The average molecular weight is 928 g/mol. The van der Waals surface area contributed by atoms with E-state index in [9.17, 15) is 39.3 Å². The van der Waals surface area contributed by atoms with Crippen molar-refractivity contribution in [2.75, 3.05) is 27.4 Å². The minimum Gasteiger partial charge on any atom is -0.460 e. The number of allylic oxidation sites excluding steroid dienone is 6. The molecular formula is C52H81NO13. The maximum absolute atomic E-state index is 14.4. The normalized spacial score (nSPS) is 40.0. The van der Waals surface area contributed by atoms with E-state index in [1.807, 2.05) is 65.0 Å². The summed E-state index contributed by atoms with van der Waals surface area (Å²) in [5.41, 5.74) is 1.29. The van der Waals surface area contributed by atoms with Crippen LogP contribution in [0.1, 0.15) is 132 Å². The van der Waals surface area contributed by atoms with Gasteiger partial charge in [-0.05, 0) is 114 Å². The van der Waals surface area contributed by atoms with Gasteiger partial charge in [-0.15, -0.1) is 0 Å². The third-order valence-electron chi connectivity index (χ3n) is 14.6. The molecule has 3 fully saturated rings. The molecule has 2 bridgehead atoms. The van der Waals surface area contributed by atoms with Gasteiger partial charge in [-0.3, -0.25) is 19.2 Å². The number of rotatable bonds is 7. The van der Waals surface area contributed by atoms with Crippen molar-refractivity contribution in [2.24, 2.45) is 35.5 Å². The summed E-state index contributed by atoms with van der Waals surface area (Å²) in [4.78, 5) is 71.9. The lowest BCUT2D eigenvalue weighted by Gasteiger charge is -2.43. The summed E-state index contributed by atoms with van der Waals surface area (Å²) < 4.78 is 29.7. The summed E-state index contributed by atoms with van der Waals surface area (Å²) >= 11 is 0. The zero-order valence-corrected chi connectivity index (χ0v) is 41.3. The second-order valence-electron chi connectivity index (χ2n) is 19.8. The quantitative estimate of drug-likeness (QED) is 0.141. The van der Waals surface area contributed by atoms with E-state index < -0.39 is 83.9 Å². The predicted molar refractivity (Wildman–Crippen MR) is 250 cm³/mol. The number of amides is 1. The van der Waals surface area contributed by atoms with Crippen molar-refractivity contribution < 1.29 is 63.0 Å². The zero-order valence-electron chi connectivity index (χ0n) is 41.3. The Labute approximate surface area is 393 Å². The minimum absolute atomic E-state index is 0.0188. The first-order chi connectivity index (χ1) is 31.2. The summed E-state index contributed by atoms with van der Waals surface area (Å²) in [5.74, 6) is -7.95. The minimum atomic E-state index is -2.43. The summed E-state index contributed by atoms with van der Waals surface area (Å²) in [7, 11) is 2.95. The lowest BCUT2D eigenvalue weighted by Crippen LogP contribution is -2.61. The number of aliphatic hydroxyl groups excluding tert-OH is 2. The van der Waals surface area contributed by atoms with Gasteiger partial charge in [0.2, 0.25) is 5.79 Å². The van der Waals surface area contributed by atoms with E-state index in [2.05, 4.69) is 0 Å². The van der Waals surface area contributed by atoms with Crippen molar-refractivity contribution in [2.45, 2.75) is 187 Å². The monoisotopic (exact) mass is 928 g/mol. The molecule has 0 aromatic rings. The molecular weight excluding hydrogens is 847 g/mol. The number of Topliss-reactive ketones (excluding diaryl/α,β-unsaturated/α-hetero) is 3. The van der Waals surface area contributed by atoms with Gasteiger partial charge in [0.25, 0.3) is 11.7 Å². The van der Waals surface area contributed by atoms with E-state index in [4.69, 9.17) is 23.7 Å². The fourth-order valence-electron chi connectivity index (χ4n) is 10.2. The van der Waals surface area contributed by atoms with Crippen LogP contribution in [0.5, 0.6) is 0 Å². The fourth-order valence-corrected chi connectivity index (χ4v) is 10.2. The number of hydrogen-bond donors (Lipinski definition) is 3. The topological polar surface area (TPSA) is 195 Å². The Balaban J connectivity index is 1.71. The van der Waals surface area contributed by atoms with Crippen LogP contribution in [0.2, 0.25) is 0 Å². The summed E-state index contributed by atoms with van der Waals surface area (Å²) in [6.45, 7) is 15.1. The predicted octanol–water partition coefficient (Wildman–Crippen LogP) is 6.57. The Morgan fingerprint density at radius 3 is 2.29 bits per heavy atom. The molecule has 0 aromatic heterocycles. The molecule has 15 atom stereocenters. The molecule has 3 aliphatic heterocycles. The highest BCUT2D eigenvalue weighted by molar-refractivity contribution is 6.39. The molecule has 66 heavy (non-hydrogen) atoms. The third kappa shape index (κ3) is 14.6. The van der Waals surface area contributed by atoms with Gasteiger partial charge in [0.1, 0.15) is 30.1 Å². The highest BCUT2D eigenvalue weighted by Crippen LogP contribution is 2.38. The number of esters is 1. The number of aliphatic hydroxyl groups is 3. The molecule has 14 nitrogen and oxygen atoms in total. The maximum Gasteiger partial charge on any atom is 0.329 e. The number of methoxy groups -OCH3 is 2. The Morgan fingerprint density at radius 2 is 1.61 bits per heavy atom. The Bertz CT molecular complexity index is 1770. The molecule has 4 aliphatic rings. The number of ketones is 3. The van der Waals surface area contributed by atoms with E-state index in [0.29, 0.717) is 70.0 Å². The van der Waals surface area contributed by atoms with Crippen LogP contribution in [-0.4, -0.2) is 131 Å². The van der Waals surface area contributed by atoms with Crippen LogP contribution in [0.15, 0.2) is 47.6 Å². The molecule has 0 aromatic carbocycles. The molecule has 0 radical (unpaired) electrons. The van der Waals surface area contributed by atoms with Crippen molar-refractivity contribution in [3.63, 3.8) is 0 Å². The third-order valence-corrected chi connectivity index (χ3v) is 14.6. The van der Waals surface area contributed by atoms with Gasteiger partial charge >= 0.3 is 5.97 Å². The highest BCUT2D eigenvalue weighted by atomic mass is 16.6. The summed E-state index contributed by atoms with van der Waals surface area (Å²) in [5, 5.41) is 33.9. The first-order valence-electron chi connectivity index (χ1n) is 24.5. The van der Waals surface area contributed by atoms with Gasteiger partial charge in [-0.2, -0.15) is 0 Å². The van der Waals surface area contributed by atoms with Crippen LogP contribution in [0.25, 0.3) is 0 Å². The van der Waals surface area contributed by atoms with E-state index in [1.54, 1.807) is 34.0 Å². The largest absolute Gasteiger partial charge is 0.460 e. The molecule has 1 amide bonds. The van der Waals surface area contributed by atoms with E-state index in [0.717, 1.165) is 12.0 Å². The standard InChI is InChI=1S/C52H81NO13/c1-11-64-43-29-39-22-20-37(8)52(61,66-39)49(58)50(59)53-24-16-15-19-40(53)51(60)65-44(34(5)27-38-21-23-41(54)45(28-38)62-9)30-42(55)33(4)26-36(7)47(57)48(63-10)46(56)35(6)25-31(2)17-13-12-14-18-32(43)3/h12-14,17-18,26,31,33-35,37-41,43-45,47-48,54,57,61H,11,15-16,19-25,27-30H2,1-10H3/b14-12+,17-13+,32-18+,36-26+/t31-,33-,34-,35-,37-,38+,39+,40+,41-,43+,44+,45-,47-,48+,52-/m1/s1. The highest BCUT2D eigenvalue weighted by Gasteiger charge is 2.53.